The third-order valence-corrected chi connectivity index (χ3v) is 6.18. The summed E-state index contributed by atoms with van der Waals surface area (Å²) in [6.07, 6.45) is 2.98. The van der Waals surface area contributed by atoms with Gasteiger partial charge in [0, 0.05) is 29.1 Å². The van der Waals surface area contributed by atoms with Gasteiger partial charge in [-0.1, -0.05) is 17.7 Å². The van der Waals surface area contributed by atoms with Crippen molar-refractivity contribution in [2.75, 3.05) is 13.7 Å². The Labute approximate surface area is 179 Å². The van der Waals surface area contributed by atoms with Crippen LogP contribution in [0.3, 0.4) is 0 Å². The van der Waals surface area contributed by atoms with E-state index in [0.717, 1.165) is 36.0 Å². The number of likely N-dealkylation sites (tertiary alicyclic amines) is 1. The topological polar surface area (TPSA) is 75.3 Å². The van der Waals surface area contributed by atoms with Crippen LogP contribution in [0.4, 0.5) is 0 Å². The van der Waals surface area contributed by atoms with Gasteiger partial charge in [0.15, 0.2) is 0 Å². The second-order valence-electron chi connectivity index (χ2n) is 7.62. The smallest absolute Gasteiger partial charge is 0.251 e. The van der Waals surface area contributed by atoms with Gasteiger partial charge in [-0.05, 0) is 43.7 Å². The van der Waals surface area contributed by atoms with E-state index < -0.39 is 0 Å². The Hall–Kier alpha value is -2.93. The maximum atomic E-state index is 13.3. The minimum Gasteiger partial charge on any atom is -0.496 e. The van der Waals surface area contributed by atoms with Crippen molar-refractivity contribution >= 4 is 17.2 Å². The number of carbonyl (C=O) groups excluding carboxylic acids is 1. The molecule has 3 heterocycles. The lowest BCUT2D eigenvalue weighted by molar-refractivity contribution is -0.134. The molecule has 1 atom stereocenters. The number of ether oxygens (including phenoxy) is 1. The number of nitrogens with zero attached hydrogens (tertiary/aromatic N) is 2. The number of hydrogen-bond acceptors (Lipinski definition) is 5. The fourth-order valence-electron chi connectivity index (χ4n) is 4.02. The number of carbonyl (C=O) groups is 1. The highest BCUT2D eigenvalue weighted by molar-refractivity contribution is 7.08. The number of thiophene rings is 1. The first-order chi connectivity index (χ1) is 14.5. The van der Waals surface area contributed by atoms with Crippen LogP contribution >= 0.6 is 11.3 Å². The third-order valence-electron chi connectivity index (χ3n) is 5.49. The highest BCUT2D eigenvalue weighted by Gasteiger charge is 2.30. The molecule has 4 rings (SSSR count). The quantitative estimate of drug-likeness (QED) is 0.670. The van der Waals surface area contributed by atoms with Gasteiger partial charge in [-0.2, -0.15) is 11.3 Å². The summed E-state index contributed by atoms with van der Waals surface area (Å²) in [6, 6.07) is 9.10. The van der Waals surface area contributed by atoms with Crippen molar-refractivity contribution in [3.05, 3.63) is 68.4 Å². The van der Waals surface area contributed by atoms with E-state index in [4.69, 9.17) is 9.72 Å². The van der Waals surface area contributed by atoms with Gasteiger partial charge in [0.2, 0.25) is 5.91 Å². The highest BCUT2D eigenvalue weighted by Crippen LogP contribution is 2.31. The Bertz CT molecular complexity index is 1090. The molecule has 1 N–H and O–H groups in total. The number of benzene rings is 1. The molecule has 30 heavy (non-hydrogen) atoms. The summed E-state index contributed by atoms with van der Waals surface area (Å²) in [5.41, 5.74) is 3.34. The van der Waals surface area contributed by atoms with Crippen molar-refractivity contribution in [3.8, 4) is 17.0 Å². The standard InChI is InChI=1S/C23H25N3O3S/c1-15-6-7-20(29-2)17(11-15)12-22(28)26-9-4-3-5-19(26)23-24-18(13-21(27)25-23)16-8-10-30-14-16/h6-8,10-11,13-14,19H,3-5,9,12H2,1-2H3,(H,24,25,27). The Morgan fingerprint density at radius 2 is 2.17 bits per heavy atom. The number of aromatic nitrogens is 2. The number of amides is 1. The van der Waals surface area contributed by atoms with Gasteiger partial charge < -0.3 is 14.6 Å². The van der Waals surface area contributed by atoms with E-state index in [-0.39, 0.29) is 23.9 Å². The zero-order valence-corrected chi connectivity index (χ0v) is 18.0. The van der Waals surface area contributed by atoms with Gasteiger partial charge in [-0.3, -0.25) is 9.59 Å². The lowest BCUT2D eigenvalue weighted by atomic mass is 9.99. The average Bonchev–Trinajstić information content (AvgIpc) is 3.28. The van der Waals surface area contributed by atoms with E-state index in [1.54, 1.807) is 18.4 Å². The van der Waals surface area contributed by atoms with Crippen molar-refractivity contribution in [1.29, 1.82) is 0 Å². The highest BCUT2D eigenvalue weighted by atomic mass is 32.1. The maximum Gasteiger partial charge on any atom is 0.251 e. The molecule has 0 aliphatic carbocycles. The van der Waals surface area contributed by atoms with Crippen molar-refractivity contribution in [2.24, 2.45) is 0 Å². The summed E-state index contributed by atoms with van der Waals surface area (Å²) in [6.45, 7) is 2.66. The monoisotopic (exact) mass is 423 g/mol. The molecule has 1 unspecified atom stereocenters. The first-order valence-corrected chi connectivity index (χ1v) is 11.1. The van der Waals surface area contributed by atoms with Crippen LogP contribution in [0.1, 0.15) is 42.3 Å². The fourth-order valence-corrected chi connectivity index (χ4v) is 4.67. The number of piperidine rings is 1. The second kappa shape index (κ2) is 8.83. The number of methoxy groups -OCH3 is 1. The van der Waals surface area contributed by atoms with Crippen molar-refractivity contribution in [2.45, 2.75) is 38.6 Å². The van der Waals surface area contributed by atoms with Crippen molar-refractivity contribution in [3.63, 3.8) is 0 Å². The Balaban J connectivity index is 1.63. The lowest BCUT2D eigenvalue weighted by Gasteiger charge is -2.35. The number of rotatable bonds is 5. The molecule has 0 spiro atoms. The van der Waals surface area contributed by atoms with Crippen molar-refractivity contribution in [1.82, 2.24) is 14.9 Å². The van der Waals surface area contributed by atoms with Crippen molar-refractivity contribution < 1.29 is 9.53 Å². The molecule has 1 fully saturated rings. The van der Waals surface area contributed by atoms with Crippen LogP contribution in [-0.4, -0.2) is 34.4 Å². The van der Waals surface area contributed by atoms with Crippen LogP contribution in [0, 0.1) is 6.92 Å². The summed E-state index contributed by atoms with van der Waals surface area (Å²) in [5.74, 6) is 1.30. The molecule has 1 amide bonds. The molecule has 156 valence electrons. The molecule has 0 radical (unpaired) electrons. The molecular weight excluding hydrogens is 398 g/mol. The predicted molar refractivity (Wildman–Crippen MR) is 118 cm³/mol. The number of nitrogens with one attached hydrogen (secondary N) is 1. The fraction of sp³-hybridized carbons (Fsp3) is 0.348. The normalized spacial score (nSPS) is 16.5. The number of aromatic amines is 1. The minimum atomic E-state index is -0.228. The molecule has 0 bridgehead atoms. The molecule has 1 aliphatic rings. The zero-order chi connectivity index (χ0) is 21.1. The van der Waals surface area contributed by atoms with Crippen LogP contribution in [0.5, 0.6) is 5.75 Å². The molecule has 0 saturated carbocycles. The summed E-state index contributed by atoms with van der Waals surface area (Å²) in [4.78, 5) is 35.1. The Morgan fingerprint density at radius 3 is 2.93 bits per heavy atom. The summed E-state index contributed by atoms with van der Waals surface area (Å²) in [7, 11) is 1.62. The van der Waals surface area contributed by atoms with Crippen LogP contribution in [0.15, 0.2) is 45.9 Å². The van der Waals surface area contributed by atoms with Gasteiger partial charge in [0.25, 0.3) is 5.56 Å². The summed E-state index contributed by atoms with van der Waals surface area (Å²) >= 11 is 1.56. The predicted octanol–water partition coefficient (Wildman–Crippen LogP) is 4.11. The number of aryl methyl sites for hydroxylation is 1. The van der Waals surface area contributed by atoms with Crippen LogP contribution in [0.25, 0.3) is 11.3 Å². The van der Waals surface area contributed by atoms with E-state index in [9.17, 15) is 9.59 Å². The average molecular weight is 424 g/mol. The van der Waals surface area contributed by atoms with Gasteiger partial charge in [0.1, 0.15) is 11.6 Å². The second-order valence-corrected chi connectivity index (χ2v) is 8.40. The zero-order valence-electron chi connectivity index (χ0n) is 17.2. The SMILES string of the molecule is COc1ccc(C)cc1CC(=O)N1CCCCC1c1nc(-c2ccsc2)cc(=O)[nH]1. The van der Waals surface area contributed by atoms with Gasteiger partial charge in [-0.15, -0.1) is 0 Å². The lowest BCUT2D eigenvalue weighted by Crippen LogP contribution is -2.40. The molecule has 7 heteroatoms. The minimum absolute atomic E-state index is 0.0205. The summed E-state index contributed by atoms with van der Waals surface area (Å²) < 4.78 is 5.44. The van der Waals surface area contributed by atoms with Gasteiger partial charge >= 0.3 is 0 Å². The molecule has 3 aromatic rings. The van der Waals surface area contributed by atoms with E-state index in [2.05, 4.69) is 4.98 Å². The van der Waals surface area contributed by atoms with E-state index in [1.165, 1.54) is 6.07 Å². The molecular formula is C23H25N3O3S. The molecule has 2 aromatic heterocycles. The first-order valence-electron chi connectivity index (χ1n) is 10.1. The largest absolute Gasteiger partial charge is 0.496 e. The molecule has 1 aliphatic heterocycles. The van der Waals surface area contributed by atoms with E-state index in [0.29, 0.717) is 23.8 Å². The van der Waals surface area contributed by atoms with E-state index >= 15 is 0 Å². The Kier molecular flexibility index (Phi) is 5.99. The van der Waals surface area contributed by atoms with Crippen LogP contribution in [0.2, 0.25) is 0 Å². The maximum absolute atomic E-state index is 13.3. The molecule has 1 saturated heterocycles. The summed E-state index contributed by atoms with van der Waals surface area (Å²) in [5, 5.41) is 3.93. The molecule has 1 aromatic carbocycles. The first kappa shape index (κ1) is 20.3. The van der Waals surface area contributed by atoms with Crippen LogP contribution in [-0.2, 0) is 11.2 Å². The van der Waals surface area contributed by atoms with Gasteiger partial charge in [-0.25, -0.2) is 4.98 Å². The van der Waals surface area contributed by atoms with Gasteiger partial charge in [0.05, 0.1) is 25.3 Å². The third kappa shape index (κ3) is 4.31. The Morgan fingerprint density at radius 1 is 1.30 bits per heavy atom. The van der Waals surface area contributed by atoms with Crippen LogP contribution < -0.4 is 10.3 Å². The van der Waals surface area contributed by atoms with E-state index in [1.807, 2.05) is 46.8 Å². The number of hydrogen-bond donors (Lipinski definition) is 1. The number of H-pyrrole nitrogens is 1. The molecule has 6 nitrogen and oxygen atoms in total.